The van der Waals surface area contributed by atoms with Crippen molar-refractivity contribution < 1.29 is 50.0 Å². The van der Waals surface area contributed by atoms with Crippen molar-refractivity contribution in [2.45, 2.75) is 300 Å². The van der Waals surface area contributed by atoms with Crippen molar-refractivity contribution in [1.29, 1.82) is 0 Å². The first-order valence-electron chi connectivity index (χ1n) is 27.2. The van der Waals surface area contributed by atoms with Gasteiger partial charge in [-0.2, -0.15) is 0 Å². The van der Waals surface area contributed by atoms with Gasteiger partial charge in [-0.3, -0.25) is 4.79 Å². The van der Waals surface area contributed by atoms with Gasteiger partial charge in [-0.25, -0.2) is 0 Å². The minimum atomic E-state index is -1.67. The second kappa shape index (κ2) is 43.8. The van der Waals surface area contributed by atoms with Gasteiger partial charge in [0.2, 0.25) is 5.91 Å². The lowest BCUT2D eigenvalue weighted by molar-refractivity contribution is -0.303. The van der Waals surface area contributed by atoms with Crippen LogP contribution in [0.2, 0.25) is 0 Å². The number of hydrogen-bond acceptors (Lipinski definition) is 10. The lowest BCUT2D eigenvalue weighted by Gasteiger charge is -2.40. The normalized spacial score (nSPS) is 21.0. The van der Waals surface area contributed by atoms with Crippen LogP contribution in [-0.2, 0) is 14.3 Å². The average molecular weight is 926 g/mol. The van der Waals surface area contributed by atoms with Crippen molar-refractivity contribution in [2.75, 3.05) is 13.2 Å². The minimum absolute atomic E-state index is 0.249. The van der Waals surface area contributed by atoms with Crippen molar-refractivity contribution in [3.63, 3.8) is 0 Å². The van der Waals surface area contributed by atoms with E-state index in [1.807, 2.05) is 0 Å². The predicted molar refractivity (Wildman–Crippen MR) is 266 cm³/mol. The Morgan fingerprint density at radius 3 is 1.37 bits per heavy atom. The van der Waals surface area contributed by atoms with E-state index in [2.05, 4.69) is 43.5 Å². The van der Waals surface area contributed by atoms with Gasteiger partial charge in [0, 0.05) is 0 Å². The molecular weight excluding hydrogens is 823 g/mol. The summed E-state index contributed by atoms with van der Waals surface area (Å²) in [5.41, 5.74) is 0. The van der Waals surface area contributed by atoms with Crippen molar-refractivity contribution in [2.24, 2.45) is 0 Å². The maximum atomic E-state index is 13.1. The number of allylic oxidation sites excluding steroid dienone is 4. The van der Waals surface area contributed by atoms with E-state index in [-0.39, 0.29) is 12.8 Å². The van der Waals surface area contributed by atoms with E-state index in [1.54, 1.807) is 0 Å². The van der Waals surface area contributed by atoms with Crippen LogP contribution < -0.4 is 5.32 Å². The quantitative estimate of drug-likeness (QED) is 0.0216. The molecular formula is C54H103NO10. The zero-order valence-electron chi connectivity index (χ0n) is 41.7. The Morgan fingerprint density at radius 1 is 0.523 bits per heavy atom. The van der Waals surface area contributed by atoms with E-state index in [9.17, 15) is 40.5 Å². The molecule has 0 radical (unpaired) electrons. The number of unbranched alkanes of at least 4 members (excludes halogenated alkanes) is 30. The fourth-order valence-corrected chi connectivity index (χ4v) is 8.75. The Morgan fingerprint density at radius 2 is 0.923 bits per heavy atom. The van der Waals surface area contributed by atoms with Crippen LogP contribution in [-0.4, -0.2) is 110 Å². The minimum Gasteiger partial charge on any atom is -0.394 e. The van der Waals surface area contributed by atoms with E-state index < -0.39 is 74.2 Å². The SMILES string of the molecule is CCCCCCCCCCCCCCCCC/C=C/CC/C=C/CCCC(O)C(O)C(COC1OC(CO)C(O)C(O)C1O)NC(=O)C(O)CCCCCCCCCCCCCCCC. The molecule has 1 aliphatic heterocycles. The van der Waals surface area contributed by atoms with Gasteiger partial charge in [-0.05, 0) is 51.4 Å². The summed E-state index contributed by atoms with van der Waals surface area (Å²) in [5, 5.41) is 75.9. The first-order valence-corrected chi connectivity index (χ1v) is 27.2. The number of aliphatic hydroxyl groups is 7. The summed E-state index contributed by atoms with van der Waals surface area (Å²) in [5.74, 6) is -0.708. The molecule has 0 aromatic heterocycles. The number of aliphatic hydroxyl groups excluding tert-OH is 7. The lowest BCUT2D eigenvalue weighted by Crippen LogP contribution is -2.60. The van der Waals surface area contributed by atoms with E-state index in [1.165, 1.54) is 161 Å². The fourth-order valence-electron chi connectivity index (χ4n) is 8.75. The predicted octanol–water partition coefficient (Wildman–Crippen LogP) is 10.6. The molecule has 1 amide bonds. The first-order chi connectivity index (χ1) is 31.7. The van der Waals surface area contributed by atoms with Gasteiger partial charge in [-0.1, -0.05) is 218 Å². The van der Waals surface area contributed by atoms with Crippen molar-refractivity contribution in [3.8, 4) is 0 Å². The molecule has 0 aliphatic carbocycles. The smallest absolute Gasteiger partial charge is 0.249 e. The summed E-state index contributed by atoms with van der Waals surface area (Å²) in [6, 6.07) is -1.19. The Labute approximate surface area is 397 Å². The van der Waals surface area contributed by atoms with Crippen molar-refractivity contribution >= 4 is 5.91 Å². The Bertz CT molecular complexity index is 1110. The standard InChI is InChI=1S/C54H103NO10/c1-3-5-7-9-11-13-15-17-19-20-21-22-23-24-25-26-27-28-30-31-33-35-37-39-41-46(57)49(59)45(44-64-54-52(62)51(61)50(60)48(43-56)65-54)55-53(63)47(58)42-40-38-36-34-32-29-18-16-14-12-10-8-6-4-2/h27-28,33,35,45-52,54,56-62H,3-26,29-32,34,36-44H2,1-2H3,(H,55,63)/b28-27+,35-33+. The van der Waals surface area contributed by atoms with Gasteiger partial charge in [0.05, 0.1) is 25.4 Å². The van der Waals surface area contributed by atoms with Crippen LogP contribution in [0, 0.1) is 0 Å². The lowest BCUT2D eigenvalue weighted by atomic mass is 9.98. The third-order valence-corrected chi connectivity index (χ3v) is 13.2. The summed E-state index contributed by atoms with van der Waals surface area (Å²) in [4.78, 5) is 13.1. The van der Waals surface area contributed by atoms with Crippen LogP contribution in [0.4, 0.5) is 0 Å². The molecule has 0 aromatic rings. The third kappa shape index (κ3) is 32.9. The average Bonchev–Trinajstić information content (AvgIpc) is 3.31. The molecule has 1 heterocycles. The van der Waals surface area contributed by atoms with Crippen molar-refractivity contribution in [3.05, 3.63) is 24.3 Å². The van der Waals surface area contributed by atoms with E-state index >= 15 is 0 Å². The number of amides is 1. The largest absolute Gasteiger partial charge is 0.394 e. The second-order valence-corrected chi connectivity index (χ2v) is 19.3. The van der Waals surface area contributed by atoms with Gasteiger partial charge < -0.3 is 50.5 Å². The van der Waals surface area contributed by atoms with Crippen LogP contribution in [0.5, 0.6) is 0 Å². The van der Waals surface area contributed by atoms with Crippen LogP contribution in [0.15, 0.2) is 24.3 Å². The van der Waals surface area contributed by atoms with Crippen molar-refractivity contribution in [1.82, 2.24) is 5.32 Å². The molecule has 11 nitrogen and oxygen atoms in total. The van der Waals surface area contributed by atoms with Crippen LogP contribution in [0.25, 0.3) is 0 Å². The highest BCUT2D eigenvalue weighted by Gasteiger charge is 2.44. The molecule has 65 heavy (non-hydrogen) atoms. The van der Waals surface area contributed by atoms with E-state index in [0.29, 0.717) is 19.3 Å². The molecule has 0 bridgehead atoms. The third-order valence-electron chi connectivity index (χ3n) is 13.2. The highest BCUT2D eigenvalue weighted by atomic mass is 16.7. The highest BCUT2D eigenvalue weighted by Crippen LogP contribution is 2.23. The summed E-state index contributed by atoms with van der Waals surface area (Å²) in [6.07, 6.45) is 39.5. The van der Waals surface area contributed by atoms with Crippen LogP contribution in [0.3, 0.4) is 0 Å². The number of carbonyl (C=O) groups excluding carboxylic acids is 1. The number of ether oxygens (including phenoxy) is 2. The molecule has 0 saturated carbocycles. The van der Waals surface area contributed by atoms with Gasteiger partial charge >= 0.3 is 0 Å². The molecule has 0 spiro atoms. The maximum Gasteiger partial charge on any atom is 0.249 e. The second-order valence-electron chi connectivity index (χ2n) is 19.3. The molecule has 11 heteroatoms. The highest BCUT2D eigenvalue weighted by molar-refractivity contribution is 5.80. The molecule has 1 aliphatic rings. The van der Waals surface area contributed by atoms with E-state index in [4.69, 9.17) is 9.47 Å². The Hall–Kier alpha value is -1.41. The number of nitrogens with one attached hydrogen (secondary N) is 1. The number of carbonyl (C=O) groups is 1. The number of hydrogen-bond donors (Lipinski definition) is 8. The molecule has 8 N–H and O–H groups in total. The Kier molecular flexibility index (Phi) is 41.6. The summed E-state index contributed by atoms with van der Waals surface area (Å²) < 4.78 is 11.1. The fraction of sp³-hybridized carbons (Fsp3) is 0.907. The van der Waals surface area contributed by atoms with Gasteiger partial charge in [0.15, 0.2) is 6.29 Å². The number of rotatable bonds is 46. The van der Waals surface area contributed by atoms with Gasteiger partial charge in [-0.15, -0.1) is 0 Å². The maximum absolute atomic E-state index is 13.1. The molecule has 0 aromatic carbocycles. The molecule has 9 unspecified atom stereocenters. The monoisotopic (exact) mass is 926 g/mol. The van der Waals surface area contributed by atoms with Gasteiger partial charge in [0.1, 0.15) is 36.6 Å². The summed E-state index contributed by atoms with van der Waals surface area (Å²) >= 11 is 0. The summed E-state index contributed by atoms with van der Waals surface area (Å²) in [6.45, 7) is 3.44. The molecule has 1 saturated heterocycles. The van der Waals surface area contributed by atoms with Crippen LogP contribution >= 0.6 is 0 Å². The molecule has 1 fully saturated rings. The zero-order valence-corrected chi connectivity index (χ0v) is 41.7. The van der Waals surface area contributed by atoms with E-state index in [0.717, 1.165) is 38.5 Å². The molecule has 384 valence electrons. The molecule has 1 rings (SSSR count). The first kappa shape index (κ1) is 61.6. The summed E-state index contributed by atoms with van der Waals surface area (Å²) in [7, 11) is 0. The topological polar surface area (TPSA) is 189 Å². The molecule has 9 atom stereocenters. The van der Waals surface area contributed by atoms with Gasteiger partial charge in [0.25, 0.3) is 0 Å². The van der Waals surface area contributed by atoms with Crippen LogP contribution in [0.1, 0.15) is 245 Å². The zero-order chi connectivity index (χ0) is 47.6. The Balaban J connectivity index is 2.37.